The number of anilines is 1. The van der Waals surface area contributed by atoms with E-state index in [0.717, 1.165) is 16.4 Å². The van der Waals surface area contributed by atoms with Gasteiger partial charge in [-0.15, -0.1) is 6.58 Å². The quantitative estimate of drug-likeness (QED) is 0.762. The predicted molar refractivity (Wildman–Crippen MR) is 88.5 cm³/mol. The zero-order chi connectivity index (χ0) is 18.0. The van der Waals surface area contributed by atoms with Crippen LogP contribution in [-0.2, 0) is 10.0 Å². The number of hydrogen-bond acceptors (Lipinski definition) is 4. The van der Waals surface area contributed by atoms with Gasteiger partial charge in [0.1, 0.15) is 24.8 Å². The number of nitrogens with zero attached hydrogens (tertiary/aromatic N) is 1. The van der Waals surface area contributed by atoms with E-state index in [1.54, 1.807) is 0 Å². The first-order chi connectivity index (χ1) is 11.9. The van der Waals surface area contributed by atoms with Crippen molar-refractivity contribution < 1.29 is 26.7 Å². The van der Waals surface area contributed by atoms with Crippen LogP contribution in [0.2, 0.25) is 0 Å². The fourth-order valence-electron chi connectivity index (χ4n) is 2.44. The number of hydrogen-bond donors (Lipinski definition) is 0. The van der Waals surface area contributed by atoms with Crippen molar-refractivity contribution in [2.75, 3.05) is 24.1 Å². The van der Waals surface area contributed by atoms with Crippen LogP contribution < -0.4 is 13.8 Å². The Hall–Kier alpha value is -2.61. The lowest BCUT2D eigenvalue weighted by Gasteiger charge is -2.25. The van der Waals surface area contributed by atoms with Gasteiger partial charge in [-0.2, -0.15) is 0 Å². The molecular weight excluding hydrogens is 352 g/mol. The Morgan fingerprint density at radius 2 is 1.80 bits per heavy atom. The maximum absolute atomic E-state index is 14.1. The minimum Gasteiger partial charge on any atom is -0.486 e. The van der Waals surface area contributed by atoms with Gasteiger partial charge in [0.2, 0.25) is 0 Å². The normalized spacial score (nSPS) is 13.4. The van der Waals surface area contributed by atoms with Gasteiger partial charge in [-0.3, -0.25) is 4.31 Å². The van der Waals surface area contributed by atoms with E-state index < -0.39 is 21.7 Å². The Bertz CT molecular complexity index is 915. The van der Waals surface area contributed by atoms with Crippen molar-refractivity contribution in [2.45, 2.75) is 4.90 Å². The molecule has 0 aromatic heterocycles. The van der Waals surface area contributed by atoms with Crippen molar-refractivity contribution in [2.24, 2.45) is 0 Å². The van der Waals surface area contributed by atoms with Crippen LogP contribution >= 0.6 is 0 Å². The van der Waals surface area contributed by atoms with E-state index in [-0.39, 0.29) is 17.1 Å². The summed E-state index contributed by atoms with van der Waals surface area (Å²) in [6, 6.07) is 6.85. The third kappa shape index (κ3) is 3.30. The first-order valence-electron chi connectivity index (χ1n) is 7.42. The third-order valence-corrected chi connectivity index (χ3v) is 5.35. The van der Waals surface area contributed by atoms with E-state index in [9.17, 15) is 17.2 Å². The highest BCUT2D eigenvalue weighted by Crippen LogP contribution is 2.34. The Morgan fingerprint density at radius 3 is 2.48 bits per heavy atom. The van der Waals surface area contributed by atoms with E-state index in [1.165, 1.54) is 24.3 Å². The largest absolute Gasteiger partial charge is 0.486 e. The maximum atomic E-state index is 14.1. The Morgan fingerprint density at radius 1 is 1.08 bits per heavy atom. The molecule has 132 valence electrons. The summed E-state index contributed by atoms with van der Waals surface area (Å²) in [5.74, 6) is -1.04. The summed E-state index contributed by atoms with van der Waals surface area (Å²) in [5, 5.41) is 0. The van der Waals surface area contributed by atoms with Gasteiger partial charge in [0.15, 0.2) is 11.5 Å². The number of halogens is 2. The van der Waals surface area contributed by atoms with Crippen molar-refractivity contribution in [1.29, 1.82) is 0 Å². The van der Waals surface area contributed by atoms with Crippen LogP contribution in [0.25, 0.3) is 0 Å². The minimum absolute atomic E-state index is 0.0951. The Labute approximate surface area is 144 Å². The maximum Gasteiger partial charge on any atom is 0.264 e. The molecule has 0 bridgehead atoms. The lowest BCUT2D eigenvalue weighted by atomic mass is 10.3. The van der Waals surface area contributed by atoms with Crippen LogP contribution in [0.15, 0.2) is 53.9 Å². The van der Waals surface area contributed by atoms with Gasteiger partial charge in [0, 0.05) is 12.1 Å². The molecule has 0 amide bonds. The molecule has 3 rings (SSSR count). The minimum atomic E-state index is -4.12. The van der Waals surface area contributed by atoms with Crippen molar-refractivity contribution >= 4 is 15.7 Å². The highest BCUT2D eigenvalue weighted by molar-refractivity contribution is 7.92. The number of sulfonamides is 1. The molecule has 0 unspecified atom stereocenters. The van der Waals surface area contributed by atoms with E-state index >= 15 is 0 Å². The lowest BCUT2D eigenvalue weighted by Crippen LogP contribution is -2.32. The van der Waals surface area contributed by atoms with Gasteiger partial charge in [-0.25, -0.2) is 17.2 Å². The first kappa shape index (κ1) is 17.2. The summed E-state index contributed by atoms with van der Waals surface area (Å²) in [6.45, 7) is 4.00. The zero-order valence-electron chi connectivity index (χ0n) is 13.1. The van der Waals surface area contributed by atoms with Crippen molar-refractivity contribution in [3.8, 4) is 11.5 Å². The van der Waals surface area contributed by atoms with Gasteiger partial charge in [-0.05, 0) is 24.3 Å². The third-order valence-electron chi connectivity index (χ3n) is 3.57. The molecule has 2 aromatic carbocycles. The standard InChI is InChI=1S/C17H15F2NO4S/c1-2-7-20(15-5-3-12(18)10-14(15)19)25(21,22)13-4-6-16-17(11-13)24-9-8-23-16/h2-6,10-11H,1,7-9H2. The Balaban J connectivity index is 2.07. The van der Waals surface area contributed by atoms with Crippen molar-refractivity contribution in [3.63, 3.8) is 0 Å². The monoisotopic (exact) mass is 367 g/mol. The topological polar surface area (TPSA) is 55.8 Å². The van der Waals surface area contributed by atoms with Crippen LogP contribution in [0, 0.1) is 11.6 Å². The molecule has 1 heterocycles. The highest BCUT2D eigenvalue weighted by Gasteiger charge is 2.28. The van der Waals surface area contributed by atoms with E-state index in [0.29, 0.717) is 30.8 Å². The molecule has 2 aromatic rings. The van der Waals surface area contributed by atoms with Crippen LogP contribution in [0.3, 0.4) is 0 Å². The smallest absolute Gasteiger partial charge is 0.264 e. The molecule has 0 N–H and O–H groups in total. The summed E-state index contributed by atoms with van der Waals surface area (Å²) in [7, 11) is -4.12. The van der Waals surface area contributed by atoms with E-state index in [1.807, 2.05) is 0 Å². The van der Waals surface area contributed by atoms with Crippen LogP contribution in [0.4, 0.5) is 14.5 Å². The molecule has 25 heavy (non-hydrogen) atoms. The van der Waals surface area contributed by atoms with Gasteiger partial charge in [-0.1, -0.05) is 6.08 Å². The van der Waals surface area contributed by atoms with Crippen molar-refractivity contribution in [1.82, 2.24) is 0 Å². The molecule has 0 saturated carbocycles. The number of fused-ring (bicyclic) bond motifs is 1. The van der Waals surface area contributed by atoms with Gasteiger partial charge >= 0.3 is 0 Å². The number of benzene rings is 2. The molecule has 1 aliphatic rings. The molecule has 0 atom stereocenters. The van der Waals surface area contributed by atoms with Crippen LogP contribution in [0.5, 0.6) is 11.5 Å². The average molecular weight is 367 g/mol. The summed E-state index contributed by atoms with van der Waals surface area (Å²) < 4.78 is 64.8. The molecule has 0 radical (unpaired) electrons. The number of rotatable bonds is 5. The van der Waals surface area contributed by atoms with Crippen molar-refractivity contribution in [3.05, 3.63) is 60.7 Å². The van der Waals surface area contributed by atoms with E-state index in [4.69, 9.17) is 9.47 Å². The molecule has 0 fully saturated rings. The van der Waals surface area contributed by atoms with Crippen LogP contribution in [0.1, 0.15) is 0 Å². The van der Waals surface area contributed by atoms with Gasteiger partial charge < -0.3 is 9.47 Å². The summed E-state index contributed by atoms with van der Waals surface area (Å²) in [5.41, 5.74) is -0.267. The molecule has 0 spiro atoms. The predicted octanol–water partition coefficient (Wildman–Crippen LogP) is 3.12. The SMILES string of the molecule is C=CCN(c1ccc(F)cc1F)S(=O)(=O)c1ccc2c(c1)OCCO2. The number of ether oxygens (including phenoxy) is 2. The van der Waals surface area contributed by atoms with Gasteiger partial charge in [0.25, 0.3) is 10.0 Å². The molecule has 1 aliphatic heterocycles. The molecule has 0 saturated heterocycles. The molecule has 8 heteroatoms. The second kappa shape index (κ2) is 6.72. The Kier molecular flexibility index (Phi) is 4.63. The lowest BCUT2D eigenvalue weighted by molar-refractivity contribution is 0.171. The first-order valence-corrected chi connectivity index (χ1v) is 8.86. The molecular formula is C17H15F2NO4S. The van der Waals surface area contributed by atoms with Gasteiger partial charge in [0.05, 0.1) is 17.1 Å². The second-order valence-electron chi connectivity index (χ2n) is 5.23. The zero-order valence-corrected chi connectivity index (χ0v) is 13.9. The van der Waals surface area contributed by atoms with E-state index in [2.05, 4.69) is 6.58 Å². The summed E-state index contributed by atoms with van der Waals surface area (Å²) in [6.07, 6.45) is 1.32. The summed E-state index contributed by atoms with van der Waals surface area (Å²) in [4.78, 5) is -0.0951. The molecule has 5 nitrogen and oxygen atoms in total. The average Bonchev–Trinajstić information content (AvgIpc) is 2.60. The van der Waals surface area contributed by atoms with Crippen LogP contribution in [-0.4, -0.2) is 28.2 Å². The molecule has 0 aliphatic carbocycles. The summed E-state index contributed by atoms with van der Waals surface area (Å²) >= 11 is 0. The fourth-order valence-corrected chi connectivity index (χ4v) is 3.90. The highest BCUT2D eigenvalue weighted by atomic mass is 32.2. The fraction of sp³-hybridized carbons (Fsp3) is 0.176. The second-order valence-corrected chi connectivity index (χ2v) is 7.09.